The van der Waals surface area contributed by atoms with Gasteiger partial charge in [0, 0.05) is 19.8 Å². The minimum atomic E-state index is 0.0920. The molecule has 0 atom stereocenters. The third-order valence-electron chi connectivity index (χ3n) is 9.57. The summed E-state index contributed by atoms with van der Waals surface area (Å²) in [5.41, 5.74) is 12.7. The molecule has 5 rings (SSSR count). The predicted molar refractivity (Wildman–Crippen MR) is 172 cm³/mol. The van der Waals surface area contributed by atoms with E-state index in [0.717, 1.165) is 0 Å². The van der Waals surface area contributed by atoms with Crippen molar-refractivity contribution < 1.29 is 0 Å². The minimum Gasteiger partial charge on any atom is -0.0654 e. The van der Waals surface area contributed by atoms with Crippen LogP contribution in [0.1, 0.15) is 127 Å². The van der Waals surface area contributed by atoms with Crippen molar-refractivity contribution in [1.29, 1.82) is 0 Å². The van der Waals surface area contributed by atoms with Crippen LogP contribution in [0.25, 0.3) is 22.3 Å². The largest absolute Gasteiger partial charge is 0.0654 e. The Hall–Kier alpha value is -1.38. The van der Waals surface area contributed by atoms with E-state index in [4.69, 9.17) is 0 Å². The Balaban J connectivity index is 1.88. The summed E-state index contributed by atoms with van der Waals surface area (Å²) in [5, 5.41) is 0. The molecule has 2 heteroatoms. The maximum Gasteiger partial charge on any atom is 0.0218 e. The van der Waals surface area contributed by atoms with Gasteiger partial charge < -0.3 is 0 Å². The molecule has 0 saturated carbocycles. The highest BCUT2D eigenvalue weighted by Crippen LogP contribution is 2.64. The van der Waals surface area contributed by atoms with Crippen LogP contribution in [0.5, 0.6) is 0 Å². The summed E-state index contributed by atoms with van der Waals surface area (Å²) in [4.78, 5) is 0. The monoisotopic (exact) mass is 634 g/mol. The first-order valence-corrected chi connectivity index (χ1v) is 16.8. The fraction of sp³-hybridized carbons (Fsp3) is 0.500. The van der Waals surface area contributed by atoms with Gasteiger partial charge in [-0.05, 0) is 94.5 Å². The van der Waals surface area contributed by atoms with Crippen molar-refractivity contribution in [2.24, 2.45) is 0 Å². The molecule has 0 heterocycles. The van der Waals surface area contributed by atoms with Gasteiger partial charge >= 0.3 is 0 Å². The molecule has 2 aliphatic carbocycles. The molecule has 0 nitrogen and oxygen atoms in total. The Morgan fingerprint density at radius 1 is 0.474 bits per heavy atom. The zero-order valence-corrected chi connectivity index (χ0v) is 27.0. The lowest BCUT2D eigenvalue weighted by molar-refractivity contribution is 0.381. The first-order valence-electron chi connectivity index (χ1n) is 15.3. The van der Waals surface area contributed by atoms with E-state index < -0.39 is 0 Å². The maximum absolute atomic E-state index is 3.88. The van der Waals surface area contributed by atoms with Crippen molar-refractivity contribution in [2.45, 2.75) is 116 Å². The van der Waals surface area contributed by atoms with Gasteiger partial charge in [0.2, 0.25) is 0 Å². The summed E-state index contributed by atoms with van der Waals surface area (Å²) >= 11 is 7.75. The van der Waals surface area contributed by atoms with Crippen molar-refractivity contribution in [3.05, 3.63) is 79.7 Å². The van der Waals surface area contributed by atoms with Crippen LogP contribution < -0.4 is 0 Å². The summed E-state index contributed by atoms with van der Waals surface area (Å²) in [6.45, 7) is 9.45. The first kappa shape index (κ1) is 28.2. The molecular formula is C36H44Br2. The van der Waals surface area contributed by atoms with Crippen LogP contribution in [0.2, 0.25) is 0 Å². The summed E-state index contributed by atoms with van der Waals surface area (Å²) in [7, 11) is 0. The third-order valence-corrected chi connectivity index (χ3v) is 10.6. The van der Waals surface area contributed by atoms with E-state index in [-0.39, 0.29) is 10.8 Å². The van der Waals surface area contributed by atoms with Crippen LogP contribution in [0.15, 0.2) is 57.5 Å². The molecule has 0 bridgehead atoms. The molecule has 38 heavy (non-hydrogen) atoms. The second kappa shape index (κ2) is 11.6. The lowest BCUT2D eigenvalue weighted by Gasteiger charge is -2.40. The van der Waals surface area contributed by atoms with Crippen LogP contribution in [-0.2, 0) is 10.8 Å². The van der Waals surface area contributed by atoms with Gasteiger partial charge in [-0.1, -0.05) is 135 Å². The van der Waals surface area contributed by atoms with Crippen LogP contribution in [-0.4, -0.2) is 0 Å². The number of hydrogen-bond acceptors (Lipinski definition) is 0. The number of fused-ring (bicyclic) bond motifs is 7. The van der Waals surface area contributed by atoms with Crippen molar-refractivity contribution in [2.75, 3.05) is 0 Å². The van der Waals surface area contributed by atoms with Gasteiger partial charge in [0.05, 0.1) is 0 Å². The molecule has 0 unspecified atom stereocenters. The summed E-state index contributed by atoms with van der Waals surface area (Å²) in [5.74, 6) is 0. The molecule has 0 fully saturated rings. The van der Waals surface area contributed by atoms with Gasteiger partial charge in [-0.25, -0.2) is 0 Å². The fourth-order valence-electron chi connectivity index (χ4n) is 7.81. The van der Waals surface area contributed by atoms with E-state index in [9.17, 15) is 0 Å². The number of benzene rings is 3. The van der Waals surface area contributed by atoms with E-state index in [2.05, 4.69) is 108 Å². The summed E-state index contributed by atoms with van der Waals surface area (Å²) in [6.07, 6.45) is 15.0. The highest BCUT2D eigenvalue weighted by molar-refractivity contribution is 9.10. The number of halogens is 2. The second-order valence-corrected chi connectivity index (χ2v) is 13.7. The van der Waals surface area contributed by atoms with Gasteiger partial charge in [0.25, 0.3) is 0 Å². The molecule has 0 aliphatic heterocycles. The molecule has 0 spiro atoms. The maximum atomic E-state index is 3.88. The summed E-state index contributed by atoms with van der Waals surface area (Å²) < 4.78 is 2.43. The molecule has 0 amide bonds. The predicted octanol–water partition coefficient (Wildman–Crippen LogP) is 12.5. The minimum absolute atomic E-state index is 0.0920. The Morgan fingerprint density at radius 3 is 1.11 bits per heavy atom. The molecule has 202 valence electrons. The normalized spacial score (nSPS) is 15.7. The van der Waals surface area contributed by atoms with Gasteiger partial charge in [-0.2, -0.15) is 0 Å². The van der Waals surface area contributed by atoms with Gasteiger partial charge in [0.15, 0.2) is 0 Å². The third kappa shape index (κ3) is 4.46. The lowest BCUT2D eigenvalue weighted by atomic mass is 9.63. The number of rotatable bonds is 12. The standard InChI is InChI=1S/C36H44Br2/c1-5-9-19-35(20-10-6-2)31-23-25(37)13-15-27(31)29-17-18-30-28-16-14-26(38)24-32(28)36(21-11-7-3,22-12-8-4)34(30)33(29)35/h13-18,23-24H,5-12,19-22H2,1-4H3. The molecule has 0 N–H and O–H groups in total. The van der Waals surface area contributed by atoms with E-state index in [0.29, 0.717) is 0 Å². The molecule has 3 aromatic rings. The van der Waals surface area contributed by atoms with Crippen LogP contribution in [0.4, 0.5) is 0 Å². The van der Waals surface area contributed by atoms with Crippen LogP contribution in [0.3, 0.4) is 0 Å². The molecule has 3 aromatic carbocycles. The van der Waals surface area contributed by atoms with Crippen LogP contribution in [0, 0.1) is 0 Å². The van der Waals surface area contributed by atoms with Crippen molar-refractivity contribution in [1.82, 2.24) is 0 Å². The highest BCUT2D eigenvalue weighted by Gasteiger charge is 2.51. The van der Waals surface area contributed by atoms with Gasteiger partial charge in [0.1, 0.15) is 0 Å². The molecule has 0 aromatic heterocycles. The zero-order chi connectivity index (χ0) is 26.9. The van der Waals surface area contributed by atoms with Crippen molar-refractivity contribution in [3.63, 3.8) is 0 Å². The Kier molecular flexibility index (Phi) is 8.61. The average molecular weight is 637 g/mol. The highest BCUT2D eigenvalue weighted by atomic mass is 79.9. The quantitative estimate of drug-likeness (QED) is 0.186. The topological polar surface area (TPSA) is 0 Å². The molecule has 0 saturated heterocycles. The Bertz CT molecular complexity index is 1180. The zero-order valence-electron chi connectivity index (χ0n) is 23.9. The second-order valence-electron chi connectivity index (χ2n) is 11.9. The number of unbranched alkanes of at least 4 members (excludes halogenated alkanes) is 4. The molecular weight excluding hydrogens is 592 g/mol. The molecule has 2 aliphatic rings. The van der Waals surface area contributed by atoms with Gasteiger partial charge in [-0.3, -0.25) is 0 Å². The van der Waals surface area contributed by atoms with Gasteiger partial charge in [-0.15, -0.1) is 0 Å². The van der Waals surface area contributed by atoms with E-state index in [1.807, 2.05) is 0 Å². The average Bonchev–Trinajstić information content (AvgIpc) is 3.35. The van der Waals surface area contributed by atoms with E-state index in [1.54, 1.807) is 22.3 Å². The van der Waals surface area contributed by atoms with Crippen molar-refractivity contribution >= 4 is 31.9 Å². The fourth-order valence-corrected chi connectivity index (χ4v) is 8.53. The summed E-state index contributed by atoms with van der Waals surface area (Å²) in [6, 6.07) is 19.3. The van der Waals surface area contributed by atoms with Crippen LogP contribution >= 0.6 is 31.9 Å². The SMILES string of the molecule is CCCCC1(CCCC)c2cc(Br)ccc2-c2ccc3c(c21)C(CCCC)(CCCC)c1cc(Br)ccc1-3. The first-order chi connectivity index (χ1) is 18.5. The van der Waals surface area contributed by atoms with E-state index in [1.165, 1.54) is 108 Å². The lowest BCUT2D eigenvalue weighted by Crippen LogP contribution is -2.33. The molecule has 0 radical (unpaired) electrons. The Morgan fingerprint density at radius 2 is 0.789 bits per heavy atom. The number of hydrogen-bond donors (Lipinski definition) is 0. The van der Waals surface area contributed by atoms with E-state index >= 15 is 0 Å². The van der Waals surface area contributed by atoms with Crippen molar-refractivity contribution in [3.8, 4) is 22.3 Å². The smallest absolute Gasteiger partial charge is 0.0218 e. The Labute approximate surface area is 248 Å².